The summed E-state index contributed by atoms with van der Waals surface area (Å²) in [6, 6.07) is 0.693. The Balaban J connectivity index is 1.78. The Labute approximate surface area is 103 Å². The van der Waals surface area contributed by atoms with E-state index in [1.807, 2.05) is 6.92 Å². The van der Waals surface area contributed by atoms with E-state index in [-0.39, 0.29) is 17.4 Å². The molecule has 0 bridgehead atoms. The van der Waals surface area contributed by atoms with Gasteiger partial charge in [0.15, 0.2) is 0 Å². The molecule has 2 rings (SSSR count). The quantitative estimate of drug-likeness (QED) is 0.755. The molecule has 4 heteroatoms. The maximum absolute atomic E-state index is 11.8. The third-order valence-corrected chi connectivity index (χ3v) is 4.23. The maximum Gasteiger partial charge on any atom is 0.237 e. The van der Waals surface area contributed by atoms with Crippen molar-refractivity contribution >= 4 is 5.91 Å². The van der Waals surface area contributed by atoms with Gasteiger partial charge >= 0.3 is 0 Å². The zero-order valence-corrected chi connectivity index (χ0v) is 11.2. The molecule has 3 unspecified atom stereocenters. The number of methoxy groups -OCH3 is 1. The fourth-order valence-electron chi connectivity index (χ4n) is 2.50. The van der Waals surface area contributed by atoms with Crippen LogP contribution in [-0.2, 0) is 9.53 Å². The number of carbonyl (C=O) groups excluding carboxylic acids is 1. The van der Waals surface area contributed by atoms with Crippen LogP contribution >= 0.6 is 0 Å². The predicted molar refractivity (Wildman–Crippen MR) is 66.7 cm³/mol. The van der Waals surface area contributed by atoms with Gasteiger partial charge < -0.3 is 15.4 Å². The van der Waals surface area contributed by atoms with Crippen LogP contribution in [0.3, 0.4) is 0 Å². The fraction of sp³-hybridized carbons (Fsp3) is 0.923. The van der Waals surface area contributed by atoms with E-state index in [1.165, 1.54) is 0 Å². The highest BCUT2D eigenvalue weighted by atomic mass is 16.5. The molecule has 2 N–H and O–H groups in total. The van der Waals surface area contributed by atoms with Gasteiger partial charge in [0.1, 0.15) is 0 Å². The van der Waals surface area contributed by atoms with E-state index in [1.54, 1.807) is 7.11 Å². The first-order valence-electron chi connectivity index (χ1n) is 6.54. The van der Waals surface area contributed by atoms with Gasteiger partial charge in [-0.15, -0.1) is 0 Å². The van der Waals surface area contributed by atoms with Crippen molar-refractivity contribution < 1.29 is 9.53 Å². The van der Waals surface area contributed by atoms with Crippen LogP contribution in [0.15, 0.2) is 0 Å². The first-order valence-corrected chi connectivity index (χ1v) is 6.54. The van der Waals surface area contributed by atoms with Crippen LogP contribution in [0.2, 0.25) is 0 Å². The molecular formula is C13H24N2O2. The molecule has 0 saturated heterocycles. The van der Waals surface area contributed by atoms with Crippen LogP contribution in [-0.4, -0.2) is 37.2 Å². The molecule has 98 valence electrons. The van der Waals surface area contributed by atoms with Gasteiger partial charge in [-0.05, 0) is 26.2 Å². The summed E-state index contributed by atoms with van der Waals surface area (Å²) in [5.41, 5.74) is 0.114. The molecule has 2 aliphatic carbocycles. The molecule has 2 aliphatic rings. The van der Waals surface area contributed by atoms with E-state index in [0.717, 1.165) is 19.3 Å². The minimum absolute atomic E-state index is 0.113. The van der Waals surface area contributed by atoms with Crippen molar-refractivity contribution in [3.8, 4) is 0 Å². The van der Waals surface area contributed by atoms with Crippen molar-refractivity contribution in [2.75, 3.05) is 7.11 Å². The number of ether oxygens (including phenoxy) is 1. The number of amides is 1. The smallest absolute Gasteiger partial charge is 0.237 e. The molecule has 1 amide bonds. The highest BCUT2D eigenvalue weighted by molar-refractivity contribution is 5.81. The van der Waals surface area contributed by atoms with Crippen molar-refractivity contribution in [1.82, 2.24) is 10.6 Å². The normalized spacial score (nSPS) is 32.7. The monoisotopic (exact) mass is 240 g/mol. The van der Waals surface area contributed by atoms with Crippen LogP contribution < -0.4 is 10.6 Å². The average Bonchev–Trinajstić information content (AvgIpc) is 3.06. The molecule has 2 fully saturated rings. The van der Waals surface area contributed by atoms with Crippen LogP contribution in [0, 0.1) is 5.41 Å². The van der Waals surface area contributed by atoms with E-state index in [2.05, 4.69) is 24.5 Å². The van der Waals surface area contributed by atoms with Gasteiger partial charge in [-0.3, -0.25) is 4.79 Å². The minimum atomic E-state index is -0.113. The minimum Gasteiger partial charge on any atom is -0.381 e. The van der Waals surface area contributed by atoms with Crippen LogP contribution in [0.4, 0.5) is 0 Å². The maximum atomic E-state index is 11.8. The van der Waals surface area contributed by atoms with Gasteiger partial charge in [-0.25, -0.2) is 0 Å². The number of carbonyl (C=O) groups is 1. The fourth-order valence-corrected chi connectivity index (χ4v) is 2.50. The van der Waals surface area contributed by atoms with Crippen molar-refractivity contribution in [2.45, 2.75) is 64.3 Å². The number of hydrogen-bond acceptors (Lipinski definition) is 3. The number of nitrogens with one attached hydrogen (secondary N) is 2. The number of rotatable bonds is 5. The summed E-state index contributed by atoms with van der Waals surface area (Å²) < 4.78 is 5.41. The molecule has 0 heterocycles. The lowest BCUT2D eigenvalue weighted by Gasteiger charge is -2.52. The molecular weight excluding hydrogens is 216 g/mol. The van der Waals surface area contributed by atoms with Crippen LogP contribution in [0.5, 0.6) is 0 Å². The first-order chi connectivity index (χ1) is 7.95. The molecule has 0 radical (unpaired) electrons. The molecule has 0 aliphatic heterocycles. The summed E-state index contributed by atoms with van der Waals surface area (Å²) in [7, 11) is 1.76. The summed E-state index contributed by atoms with van der Waals surface area (Å²) in [5, 5.41) is 6.44. The average molecular weight is 240 g/mol. The van der Waals surface area contributed by atoms with E-state index in [9.17, 15) is 4.79 Å². The second kappa shape index (κ2) is 4.58. The van der Waals surface area contributed by atoms with Gasteiger partial charge in [0, 0.05) is 24.6 Å². The summed E-state index contributed by atoms with van der Waals surface area (Å²) >= 11 is 0. The van der Waals surface area contributed by atoms with Crippen LogP contribution in [0.1, 0.15) is 40.0 Å². The first kappa shape index (κ1) is 12.8. The molecule has 4 nitrogen and oxygen atoms in total. The molecule has 17 heavy (non-hydrogen) atoms. The SMILES string of the molecule is COC1CC(NC(C)C(=O)NC2CC2)C1(C)C. The van der Waals surface area contributed by atoms with E-state index < -0.39 is 0 Å². The van der Waals surface area contributed by atoms with Gasteiger partial charge in [-0.1, -0.05) is 13.8 Å². The van der Waals surface area contributed by atoms with Crippen molar-refractivity contribution in [3.63, 3.8) is 0 Å². The Morgan fingerprint density at radius 1 is 1.41 bits per heavy atom. The summed E-state index contributed by atoms with van der Waals surface area (Å²) in [4.78, 5) is 11.8. The van der Waals surface area contributed by atoms with E-state index in [0.29, 0.717) is 18.2 Å². The Morgan fingerprint density at radius 3 is 2.53 bits per heavy atom. The molecule has 0 aromatic carbocycles. The largest absolute Gasteiger partial charge is 0.381 e. The molecule has 0 aromatic rings. The zero-order chi connectivity index (χ0) is 12.6. The van der Waals surface area contributed by atoms with Gasteiger partial charge in [0.05, 0.1) is 12.1 Å². The number of hydrogen-bond donors (Lipinski definition) is 2. The Hall–Kier alpha value is -0.610. The summed E-state index contributed by atoms with van der Waals surface area (Å²) in [6.45, 7) is 6.32. The topological polar surface area (TPSA) is 50.4 Å². The lowest BCUT2D eigenvalue weighted by atomic mass is 9.64. The van der Waals surface area contributed by atoms with Crippen molar-refractivity contribution in [3.05, 3.63) is 0 Å². The Bertz CT molecular complexity index is 300. The third-order valence-electron chi connectivity index (χ3n) is 4.23. The van der Waals surface area contributed by atoms with Gasteiger partial charge in [0.2, 0.25) is 5.91 Å². The Morgan fingerprint density at radius 2 is 2.06 bits per heavy atom. The predicted octanol–water partition coefficient (Wildman–Crippen LogP) is 1.06. The summed E-state index contributed by atoms with van der Waals surface area (Å²) in [5.74, 6) is 0.129. The zero-order valence-electron chi connectivity index (χ0n) is 11.2. The molecule has 0 spiro atoms. The lowest BCUT2D eigenvalue weighted by Crippen LogP contribution is -2.63. The van der Waals surface area contributed by atoms with Gasteiger partial charge in [-0.2, -0.15) is 0 Å². The van der Waals surface area contributed by atoms with Crippen LogP contribution in [0.25, 0.3) is 0 Å². The highest BCUT2D eigenvalue weighted by Crippen LogP contribution is 2.42. The van der Waals surface area contributed by atoms with Crippen molar-refractivity contribution in [2.24, 2.45) is 5.41 Å². The second-order valence-corrected chi connectivity index (χ2v) is 6.01. The lowest BCUT2D eigenvalue weighted by molar-refractivity contribution is -0.127. The standard InChI is InChI=1S/C13H24N2O2/c1-8(12(16)15-9-5-6-9)14-10-7-11(17-4)13(10,2)3/h8-11,14H,5-7H2,1-4H3,(H,15,16). The summed E-state index contributed by atoms with van der Waals surface area (Å²) in [6.07, 6.45) is 3.57. The molecule has 2 saturated carbocycles. The van der Waals surface area contributed by atoms with Gasteiger partial charge in [0.25, 0.3) is 0 Å². The van der Waals surface area contributed by atoms with E-state index >= 15 is 0 Å². The Kier molecular flexibility index (Phi) is 3.46. The van der Waals surface area contributed by atoms with Crippen molar-refractivity contribution in [1.29, 1.82) is 0 Å². The molecule has 3 atom stereocenters. The van der Waals surface area contributed by atoms with E-state index in [4.69, 9.17) is 4.74 Å². The highest BCUT2D eigenvalue weighted by Gasteiger charge is 2.49. The molecule has 0 aromatic heterocycles. The third kappa shape index (κ3) is 2.63. The second-order valence-electron chi connectivity index (χ2n) is 6.01.